The first-order valence-corrected chi connectivity index (χ1v) is 8.17. The molecule has 0 aliphatic rings. The minimum atomic E-state index is -1.76. The van der Waals surface area contributed by atoms with E-state index in [9.17, 15) is 0 Å². The van der Waals surface area contributed by atoms with Crippen molar-refractivity contribution in [3.63, 3.8) is 0 Å². The SMILES string of the molecule is CC[O][Ti]([CH2]C(C)c1ccncc1)[O]CC. The van der Waals surface area contributed by atoms with E-state index in [-0.39, 0.29) is 0 Å². The summed E-state index contributed by atoms with van der Waals surface area (Å²) in [6.45, 7) is 7.81. The van der Waals surface area contributed by atoms with Crippen molar-refractivity contribution in [2.45, 2.75) is 31.4 Å². The average Bonchev–Trinajstić information content (AvgIpc) is 2.31. The summed E-state index contributed by atoms with van der Waals surface area (Å²) >= 11 is -1.76. The van der Waals surface area contributed by atoms with Crippen LogP contribution in [-0.4, -0.2) is 18.2 Å². The van der Waals surface area contributed by atoms with Crippen LogP contribution in [0.3, 0.4) is 0 Å². The van der Waals surface area contributed by atoms with Gasteiger partial charge in [-0.25, -0.2) is 0 Å². The van der Waals surface area contributed by atoms with Gasteiger partial charge in [-0.05, 0) is 0 Å². The average molecular weight is 258 g/mol. The van der Waals surface area contributed by atoms with Crippen molar-refractivity contribution >= 4 is 0 Å². The van der Waals surface area contributed by atoms with Crippen LogP contribution in [0.5, 0.6) is 0 Å². The molecule has 89 valence electrons. The summed E-state index contributed by atoms with van der Waals surface area (Å²) in [5.41, 5.74) is 1.32. The summed E-state index contributed by atoms with van der Waals surface area (Å²) in [5.74, 6) is 0.496. The molecular formula is C12H20NO2Ti. The third-order valence-corrected chi connectivity index (χ3v) is 5.74. The van der Waals surface area contributed by atoms with Gasteiger partial charge in [-0.3, -0.25) is 0 Å². The Balaban J connectivity index is 2.50. The van der Waals surface area contributed by atoms with E-state index >= 15 is 0 Å². The quantitative estimate of drug-likeness (QED) is 0.704. The van der Waals surface area contributed by atoms with Crippen molar-refractivity contribution in [1.29, 1.82) is 0 Å². The van der Waals surface area contributed by atoms with Gasteiger partial charge in [0, 0.05) is 0 Å². The normalized spacial score (nSPS) is 12.4. The molecule has 1 atom stereocenters. The van der Waals surface area contributed by atoms with Crippen LogP contribution in [0.2, 0.25) is 4.73 Å². The van der Waals surface area contributed by atoms with Gasteiger partial charge in [0.25, 0.3) is 0 Å². The first-order valence-electron chi connectivity index (χ1n) is 5.79. The molecule has 1 aromatic rings. The maximum atomic E-state index is 5.70. The molecular weight excluding hydrogens is 238 g/mol. The van der Waals surface area contributed by atoms with Gasteiger partial charge in [0.1, 0.15) is 0 Å². The number of aromatic nitrogens is 1. The fraction of sp³-hybridized carbons (Fsp3) is 0.583. The van der Waals surface area contributed by atoms with E-state index in [1.807, 2.05) is 26.2 Å². The van der Waals surface area contributed by atoms with Crippen LogP contribution in [-0.2, 0) is 25.3 Å². The Labute approximate surface area is 105 Å². The van der Waals surface area contributed by atoms with Crippen molar-refractivity contribution in [2.24, 2.45) is 0 Å². The summed E-state index contributed by atoms with van der Waals surface area (Å²) in [7, 11) is 0. The molecule has 0 aliphatic carbocycles. The molecule has 0 aliphatic heterocycles. The van der Waals surface area contributed by atoms with Gasteiger partial charge in [-0.15, -0.1) is 0 Å². The van der Waals surface area contributed by atoms with Gasteiger partial charge in [0.2, 0.25) is 0 Å². The molecule has 1 aromatic heterocycles. The third-order valence-electron chi connectivity index (χ3n) is 2.36. The summed E-state index contributed by atoms with van der Waals surface area (Å²) < 4.78 is 12.5. The second-order valence-corrected chi connectivity index (χ2v) is 6.32. The predicted octanol–water partition coefficient (Wildman–Crippen LogP) is 3.12. The summed E-state index contributed by atoms with van der Waals surface area (Å²) in [6, 6.07) is 4.14. The van der Waals surface area contributed by atoms with E-state index in [2.05, 4.69) is 24.0 Å². The molecule has 0 amide bonds. The molecule has 1 unspecified atom stereocenters. The fourth-order valence-electron chi connectivity index (χ4n) is 1.54. The molecule has 0 bridgehead atoms. The van der Waals surface area contributed by atoms with Gasteiger partial charge in [-0.1, -0.05) is 0 Å². The zero-order chi connectivity index (χ0) is 11.8. The number of hydrogen-bond donors (Lipinski definition) is 0. The van der Waals surface area contributed by atoms with Gasteiger partial charge >= 0.3 is 105 Å². The molecule has 3 nitrogen and oxygen atoms in total. The predicted molar refractivity (Wildman–Crippen MR) is 60.7 cm³/mol. The molecule has 1 heterocycles. The standard InChI is InChI=1S/C8H10N.2C2H5O.Ti/c1-7(2)8-3-5-9-6-4-8;2*1-2-3;/h3-7H,1H2,2H3;2*2H2,1H3;/q;2*-1;+2. The van der Waals surface area contributed by atoms with Crippen LogP contribution in [0, 0.1) is 0 Å². The van der Waals surface area contributed by atoms with E-state index in [1.54, 1.807) is 0 Å². The van der Waals surface area contributed by atoms with Crippen molar-refractivity contribution in [2.75, 3.05) is 13.2 Å². The topological polar surface area (TPSA) is 31.4 Å². The second kappa shape index (κ2) is 7.96. The Bertz CT molecular complexity index is 276. The second-order valence-electron chi connectivity index (χ2n) is 3.62. The fourth-order valence-corrected chi connectivity index (χ4v) is 4.19. The van der Waals surface area contributed by atoms with Crippen LogP contribution in [0.25, 0.3) is 0 Å². The summed E-state index contributed by atoms with van der Waals surface area (Å²) in [6.07, 6.45) is 3.68. The summed E-state index contributed by atoms with van der Waals surface area (Å²) in [4.78, 5) is 4.03. The molecule has 0 spiro atoms. The van der Waals surface area contributed by atoms with E-state index in [0.29, 0.717) is 5.92 Å². The molecule has 0 fully saturated rings. The molecule has 0 aromatic carbocycles. The zero-order valence-corrected chi connectivity index (χ0v) is 11.8. The van der Waals surface area contributed by atoms with Crippen molar-refractivity contribution in [1.82, 2.24) is 4.98 Å². The van der Waals surface area contributed by atoms with E-state index in [1.165, 1.54) is 5.56 Å². The van der Waals surface area contributed by atoms with Gasteiger partial charge < -0.3 is 0 Å². The summed E-state index contributed by atoms with van der Waals surface area (Å²) in [5, 5.41) is 0. The van der Waals surface area contributed by atoms with E-state index in [0.717, 1.165) is 17.9 Å². The van der Waals surface area contributed by atoms with Gasteiger partial charge in [0.15, 0.2) is 0 Å². The minimum absolute atomic E-state index is 0.496. The number of pyridine rings is 1. The van der Waals surface area contributed by atoms with E-state index < -0.39 is 18.6 Å². The maximum absolute atomic E-state index is 5.70. The first kappa shape index (κ1) is 13.8. The van der Waals surface area contributed by atoms with Crippen LogP contribution in [0.1, 0.15) is 32.3 Å². The number of hydrogen-bond acceptors (Lipinski definition) is 3. The molecule has 0 N–H and O–H groups in total. The number of rotatable bonds is 7. The Morgan fingerprint density at radius 2 is 1.75 bits per heavy atom. The van der Waals surface area contributed by atoms with Gasteiger partial charge in [0.05, 0.1) is 0 Å². The van der Waals surface area contributed by atoms with Crippen LogP contribution in [0.4, 0.5) is 0 Å². The third kappa shape index (κ3) is 4.75. The molecule has 0 saturated carbocycles. The Kier molecular flexibility index (Phi) is 6.89. The van der Waals surface area contributed by atoms with E-state index in [4.69, 9.17) is 6.64 Å². The molecule has 0 radical (unpaired) electrons. The number of nitrogens with zero attached hydrogens (tertiary/aromatic N) is 1. The molecule has 16 heavy (non-hydrogen) atoms. The monoisotopic (exact) mass is 258 g/mol. The Morgan fingerprint density at radius 3 is 2.25 bits per heavy atom. The van der Waals surface area contributed by atoms with Gasteiger partial charge in [-0.2, -0.15) is 0 Å². The van der Waals surface area contributed by atoms with Crippen molar-refractivity contribution in [3.05, 3.63) is 30.1 Å². The Hall–Kier alpha value is -0.216. The Morgan fingerprint density at radius 1 is 1.19 bits per heavy atom. The molecule has 4 heteroatoms. The first-order chi connectivity index (χ1) is 7.77. The van der Waals surface area contributed by atoms with Crippen molar-refractivity contribution < 1.29 is 25.3 Å². The zero-order valence-electron chi connectivity index (χ0n) is 10.3. The van der Waals surface area contributed by atoms with Crippen LogP contribution < -0.4 is 0 Å². The molecule has 1 rings (SSSR count). The molecule has 0 saturated heterocycles. The van der Waals surface area contributed by atoms with Crippen LogP contribution >= 0.6 is 0 Å². The van der Waals surface area contributed by atoms with Crippen molar-refractivity contribution in [3.8, 4) is 0 Å². The van der Waals surface area contributed by atoms with Crippen LogP contribution in [0.15, 0.2) is 24.5 Å².